The van der Waals surface area contributed by atoms with Crippen LogP contribution in [0.2, 0.25) is 5.02 Å². The second-order valence-electron chi connectivity index (χ2n) is 2.80. The van der Waals surface area contributed by atoms with Gasteiger partial charge < -0.3 is 10.4 Å². The minimum absolute atomic E-state index is 0.0999. The number of carboxylic acid groups (broad SMARTS) is 1. The lowest BCUT2D eigenvalue weighted by Crippen LogP contribution is -2.14. The number of hydrogen-bond donors (Lipinski definition) is 2. The average Bonchev–Trinajstić information content (AvgIpc) is 2.14. The van der Waals surface area contributed by atoms with Gasteiger partial charge in [0, 0.05) is 6.20 Å². The van der Waals surface area contributed by atoms with E-state index in [4.69, 9.17) is 16.7 Å². The molecule has 8 heteroatoms. The van der Waals surface area contributed by atoms with Crippen molar-refractivity contribution in [3.8, 4) is 0 Å². The number of carboxylic acids is 1. The van der Waals surface area contributed by atoms with Gasteiger partial charge in [0.25, 0.3) is 0 Å². The minimum Gasteiger partial charge on any atom is -0.480 e. The Morgan fingerprint density at radius 1 is 1.56 bits per heavy atom. The minimum atomic E-state index is -4.53. The molecule has 0 aromatic carbocycles. The number of carbonyl (C=O) groups is 1. The van der Waals surface area contributed by atoms with Gasteiger partial charge in [-0.2, -0.15) is 13.2 Å². The first-order chi connectivity index (χ1) is 7.30. The van der Waals surface area contributed by atoms with Crippen LogP contribution in [0.25, 0.3) is 0 Å². The molecule has 1 aromatic heterocycles. The summed E-state index contributed by atoms with van der Waals surface area (Å²) in [6.45, 7) is -0.474. The maximum absolute atomic E-state index is 12.2. The van der Waals surface area contributed by atoms with Gasteiger partial charge in [-0.3, -0.25) is 4.79 Å². The quantitative estimate of drug-likeness (QED) is 0.868. The number of anilines is 1. The van der Waals surface area contributed by atoms with Crippen LogP contribution in [0.3, 0.4) is 0 Å². The highest BCUT2D eigenvalue weighted by Crippen LogP contribution is 2.32. The fourth-order valence-corrected chi connectivity index (χ4v) is 1.12. The van der Waals surface area contributed by atoms with E-state index in [2.05, 4.69) is 10.3 Å². The van der Waals surface area contributed by atoms with E-state index in [9.17, 15) is 18.0 Å². The molecule has 4 nitrogen and oxygen atoms in total. The van der Waals surface area contributed by atoms with Gasteiger partial charge in [0.05, 0.1) is 10.6 Å². The van der Waals surface area contributed by atoms with E-state index in [1.54, 1.807) is 0 Å². The van der Waals surface area contributed by atoms with Gasteiger partial charge in [0.2, 0.25) is 0 Å². The van der Waals surface area contributed by atoms with E-state index >= 15 is 0 Å². The summed E-state index contributed by atoms with van der Waals surface area (Å²) >= 11 is 5.50. The molecule has 0 saturated carbocycles. The summed E-state index contributed by atoms with van der Waals surface area (Å²) < 4.78 is 36.6. The molecule has 0 amide bonds. The predicted octanol–water partition coefficient (Wildman–Crippen LogP) is 2.25. The monoisotopic (exact) mass is 254 g/mol. The van der Waals surface area contributed by atoms with Crippen LogP contribution in [0.15, 0.2) is 12.3 Å². The van der Waals surface area contributed by atoms with Crippen molar-refractivity contribution in [1.82, 2.24) is 4.98 Å². The third-order valence-corrected chi connectivity index (χ3v) is 1.86. The highest BCUT2D eigenvalue weighted by molar-refractivity contribution is 6.33. The van der Waals surface area contributed by atoms with Crippen LogP contribution < -0.4 is 5.32 Å². The number of alkyl halides is 3. The normalized spacial score (nSPS) is 11.2. The van der Waals surface area contributed by atoms with Crippen LogP contribution in [0, 0.1) is 0 Å². The van der Waals surface area contributed by atoms with Crippen LogP contribution in [-0.2, 0) is 11.0 Å². The number of rotatable bonds is 3. The fourth-order valence-electron chi connectivity index (χ4n) is 0.882. The van der Waals surface area contributed by atoms with Crippen molar-refractivity contribution in [3.05, 3.63) is 22.8 Å². The Balaban J connectivity index is 2.88. The molecule has 1 aromatic rings. The highest BCUT2D eigenvalue weighted by atomic mass is 35.5. The van der Waals surface area contributed by atoms with Crippen LogP contribution in [0.5, 0.6) is 0 Å². The van der Waals surface area contributed by atoms with Crippen molar-refractivity contribution in [2.75, 3.05) is 11.9 Å². The molecule has 0 bridgehead atoms. The molecular weight excluding hydrogens is 249 g/mol. The van der Waals surface area contributed by atoms with Gasteiger partial charge in [-0.25, -0.2) is 4.98 Å². The van der Waals surface area contributed by atoms with Crippen LogP contribution >= 0.6 is 11.6 Å². The zero-order valence-corrected chi connectivity index (χ0v) is 8.43. The third-order valence-electron chi connectivity index (χ3n) is 1.58. The summed E-state index contributed by atoms with van der Waals surface area (Å²) in [5, 5.41) is 10.3. The number of aliphatic carboxylic acids is 1. The van der Waals surface area contributed by atoms with Crippen molar-refractivity contribution in [3.63, 3.8) is 0 Å². The summed E-state index contributed by atoms with van der Waals surface area (Å²) in [5.41, 5.74) is -0.988. The Morgan fingerprint density at radius 2 is 2.19 bits per heavy atom. The van der Waals surface area contributed by atoms with Gasteiger partial charge in [-0.15, -0.1) is 0 Å². The summed E-state index contributed by atoms with van der Waals surface area (Å²) in [6, 6.07) is 0.679. The van der Waals surface area contributed by atoms with Crippen molar-refractivity contribution >= 4 is 23.4 Å². The highest BCUT2D eigenvalue weighted by Gasteiger charge is 2.31. The van der Waals surface area contributed by atoms with E-state index in [0.29, 0.717) is 12.3 Å². The largest absolute Gasteiger partial charge is 0.480 e. The molecule has 16 heavy (non-hydrogen) atoms. The molecule has 88 valence electrons. The molecule has 0 saturated heterocycles. The topological polar surface area (TPSA) is 62.2 Å². The van der Waals surface area contributed by atoms with Gasteiger partial charge >= 0.3 is 12.1 Å². The Bertz CT molecular complexity index is 409. The lowest BCUT2D eigenvalue weighted by atomic mass is 10.3. The third kappa shape index (κ3) is 3.27. The van der Waals surface area contributed by atoms with Gasteiger partial charge in [-0.05, 0) is 6.07 Å². The van der Waals surface area contributed by atoms with Crippen molar-refractivity contribution < 1.29 is 23.1 Å². The molecule has 0 aliphatic rings. The molecule has 1 rings (SSSR count). The number of halogens is 4. The zero-order chi connectivity index (χ0) is 12.3. The Morgan fingerprint density at radius 3 is 2.62 bits per heavy atom. The van der Waals surface area contributed by atoms with E-state index in [-0.39, 0.29) is 10.8 Å². The summed E-state index contributed by atoms with van der Waals surface area (Å²) in [5.74, 6) is -1.27. The molecule has 0 radical (unpaired) electrons. The lowest BCUT2D eigenvalue weighted by Gasteiger charge is -2.09. The van der Waals surface area contributed by atoms with E-state index < -0.39 is 24.3 Å². The maximum Gasteiger partial charge on any atom is 0.417 e. The van der Waals surface area contributed by atoms with Crippen LogP contribution in [-0.4, -0.2) is 22.6 Å². The van der Waals surface area contributed by atoms with Crippen LogP contribution in [0.1, 0.15) is 5.56 Å². The summed E-state index contributed by atoms with van der Waals surface area (Å²) in [7, 11) is 0. The van der Waals surface area contributed by atoms with Gasteiger partial charge in [-0.1, -0.05) is 11.6 Å². The fraction of sp³-hybridized carbons (Fsp3) is 0.250. The van der Waals surface area contributed by atoms with Crippen molar-refractivity contribution in [2.45, 2.75) is 6.18 Å². The summed E-state index contributed by atoms with van der Waals surface area (Å²) in [4.78, 5) is 13.6. The molecular formula is C8H6ClF3N2O2. The first-order valence-electron chi connectivity index (χ1n) is 3.99. The first-order valence-corrected chi connectivity index (χ1v) is 4.37. The molecule has 1 heterocycles. The molecule has 0 aliphatic heterocycles. The van der Waals surface area contributed by atoms with Gasteiger partial charge in [0.15, 0.2) is 0 Å². The molecule has 2 N–H and O–H groups in total. The smallest absolute Gasteiger partial charge is 0.417 e. The Labute approximate surface area is 93.1 Å². The number of nitrogens with one attached hydrogen (secondary N) is 1. The Kier molecular flexibility index (Phi) is 3.58. The first kappa shape index (κ1) is 12.6. The molecule has 0 fully saturated rings. The number of nitrogens with zero attached hydrogens (tertiary/aromatic N) is 1. The molecule has 0 spiro atoms. The van der Waals surface area contributed by atoms with E-state index in [1.807, 2.05) is 0 Å². The number of hydrogen-bond acceptors (Lipinski definition) is 3. The van der Waals surface area contributed by atoms with E-state index in [1.165, 1.54) is 0 Å². The summed E-state index contributed by atoms with van der Waals surface area (Å²) in [6.07, 6.45) is -3.95. The van der Waals surface area contributed by atoms with Crippen molar-refractivity contribution in [1.29, 1.82) is 0 Å². The standard InChI is InChI=1S/C8H6ClF3N2O2/c9-5-1-4(8(10,11)12)2-13-7(5)14-3-6(15)16/h1-2H,3H2,(H,13,14)(H,15,16). The van der Waals surface area contributed by atoms with Gasteiger partial charge in [0.1, 0.15) is 12.4 Å². The van der Waals surface area contributed by atoms with Crippen molar-refractivity contribution in [2.24, 2.45) is 0 Å². The SMILES string of the molecule is O=C(O)CNc1ncc(C(F)(F)F)cc1Cl. The molecule has 0 atom stereocenters. The second-order valence-corrected chi connectivity index (χ2v) is 3.21. The van der Waals surface area contributed by atoms with E-state index in [0.717, 1.165) is 0 Å². The average molecular weight is 255 g/mol. The molecule has 0 unspecified atom stereocenters. The lowest BCUT2D eigenvalue weighted by molar-refractivity contribution is -0.138. The Hall–Kier alpha value is -1.50. The maximum atomic E-state index is 12.2. The predicted molar refractivity (Wildman–Crippen MR) is 50.4 cm³/mol. The number of aromatic nitrogens is 1. The second kappa shape index (κ2) is 4.56. The molecule has 0 aliphatic carbocycles. The van der Waals surface area contributed by atoms with Crippen LogP contribution in [0.4, 0.5) is 19.0 Å². The number of pyridine rings is 1. The zero-order valence-electron chi connectivity index (χ0n) is 7.68.